The predicted octanol–water partition coefficient (Wildman–Crippen LogP) is 1.55. The van der Waals surface area contributed by atoms with Crippen LogP contribution in [0.25, 0.3) is 0 Å². The first-order chi connectivity index (χ1) is 8.66. The van der Waals surface area contributed by atoms with E-state index in [1.807, 2.05) is 26.0 Å². The van der Waals surface area contributed by atoms with Crippen molar-refractivity contribution in [2.45, 2.75) is 26.5 Å². The van der Waals surface area contributed by atoms with E-state index in [2.05, 4.69) is 22.3 Å². The largest absolute Gasteiger partial charge is 0.462 e. The second-order valence-electron chi connectivity index (χ2n) is 4.77. The van der Waals surface area contributed by atoms with Gasteiger partial charge in [-0.2, -0.15) is 0 Å². The zero-order valence-corrected chi connectivity index (χ0v) is 11.0. The van der Waals surface area contributed by atoms with Gasteiger partial charge in [-0.05, 0) is 25.5 Å². The highest BCUT2D eigenvalue weighted by molar-refractivity contribution is 5.76. The molecule has 1 heterocycles. The van der Waals surface area contributed by atoms with E-state index in [9.17, 15) is 4.79 Å². The second kappa shape index (κ2) is 5.87. The number of carbonyl (C=O) groups excluding carboxylic acids is 1. The molecule has 1 aliphatic heterocycles. The van der Waals surface area contributed by atoms with E-state index >= 15 is 0 Å². The van der Waals surface area contributed by atoms with Gasteiger partial charge >= 0.3 is 5.97 Å². The molecule has 0 bridgehead atoms. The molecule has 0 saturated carbocycles. The summed E-state index contributed by atoms with van der Waals surface area (Å²) in [7, 11) is 0. The van der Waals surface area contributed by atoms with Crippen LogP contribution in [0.5, 0.6) is 0 Å². The Balaban J connectivity index is 2.10. The summed E-state index contributed by atoms with van der Waals surface area (Å²) in [6.45, 7) is 6.61. The number of anilines is 1. The van der Waals surface area contributed by atoms with Gasteiger partial charge in [0.15, 0.2) is 0 Å². The fourth-order valence-corrected chi connectivity index (χ4v) is 2.15. The van der Waals surface area contributed by atoms with Crippen LogP contribution in [0.2, 0.25) is 0 Å². The van der Waals surface area contributed by atoms with Gasteiger partial charge in [0.25, 0.3) is 0 Å². The Morgan fingerprint density at radius 3 is 3.00 bits per heavy atom. The van der Waals surface area contributed by atoms with E-state index in [0.717, 1.165) is 25.3 Å². The summed E-state index contributed by atoms with van der Waals surface area (Å²) < 4.78 is 5.21. The summed E-state index contributed by atoms with van der Waals surface area (Å²) in [4.78, 5) is 13.8. The molecule has 0 aromatic heterocycles. The molecule has 98 valence electrons. The molecule has 1 aromatic carbocycles. The summed E-state index contributed by atoms with van der Waals surface area (Å²) in [5, 5.41) is 3.35. The van der Waals surface area contributed by atoms with Crippen LogP contribution >= 0.6 is 0 Å². The highest BCUT2D eigenvalue weighted by atomic mass is 16.5. The molecule has 0 aliphatic carbocycles. The minimum atomic E-state index is -0.165. The molecule has 4 nitrogen and oxygen atoms in total. The van der Waals surface area contributed by atoms with Crippen LogP contribution in [0, 0.1) is 0 Å². The van der Waals surface area contributed by atoms with Crippen LogP contribution in [0.1, 0.15) is 19.4 Å². The SMILES string of the molecule is CC(C)OC(=O)CN1CCNCc2ccccc21. The summed E-state index contributed by atoms with van der Waals surface area (Å²) in [6.07, 6.45) is -0.0575. The smallest absolute Gasteiger partial charge is 0.325 e. The standard InChI is InChI=1S/C14H20N2O2/c1-11(2)18-14(17)10-16-8-7-15-9-12-5-3-4-6-13(12)16/h3-6,11,15H,7-10H2,1-2H3. The van der Waals surface area contributed by atoms with Gasteiger partial charge in [0, 0.05) is 25.3 Å². The zero-order valence-electron chi connectivity index (χ0n) is 11.0. The number of fused-ring (bicyclic) bond motifs is 1. The second-order valence-corrected chi connectivity index (χ2v) is 4.77. The summed E-state index contributed by atoms with van der Waals surface area (Å²) in [5.41, 5.74) is 2.36. The zero-order chi connectivity index (χ0) is 13.0. The number of nitrogens with one attached hydrogen (secondary N) is 1. The quantitative estimate of drug-likeness (QED) is 0.824. The van der Waals surface area contributed by atoms with E-state index < -0.39 is 0 Å². The first kappa shape index (κ1) is 12.9. The Morgan fingerprint density at radius 1 is 1.44 bits per heavy atom. The van der Waals surface area contributed by atoms with Crippen molar-refractivity contribution in [1.82, 2.24) is 5.32 Å². The molecular weight excluding hydrogens is 228 g/mol. The maximum atomic E-state index is 11.8. The maximum absolute atomic E-state index is 11.8. The van der Waals surface area contributed by atoms with Gasteiger partial charge < -0.3 is 15.0 Å². The normalized spacial score (nSPS) is 15.2. The molecule has 0 radical (unpaired) electrons. The lowest BCUT2D eigenvalue weighted by molar-refractivity contribution is -0.145. The van der Waals surface area contributed by atoms with Crippen molar-refractivity contribution in [2.24, 2.45) is 0 Å². The number of hydrogen-bond donors (Lipinski definition) is 1. The van der Waals surface area contributed by atoms with Crippen LogP contribution in [-0.4, -0.2) is 31.7 Å². The summed E-state index contributed by atoms with van der Waals surface area (Å²) in [5.74, 6) is -0.165. The van der Waals surface area contributed by atoms with Crippen molar-refractivity contribution in [1.29, 1.82) is 0 Å². The van der Waals surface area contributed by atoms with E-state index in [1.54, 1.807) is 0 Å². The van der Waals surface area contributed by atoms with E-state index in [-0.39, 0.29) is 12.1 Å². The summed E-state index contributed by atoms with van der Waals surface area (Å²) in [6, 6.07) is 8.18. The molecule has 0 atom stereocenters. The van der Waals surface area contributed by atoms with Crippen LogP contribution in [0.15, 0.2) is 24.3 Å². The topological polar surface area (TPSA) is 41.6 Å². The minimum absolute atomic E-state index is 0.0575. The molecular formula is C14H20N2O2. The molecule has 18 heavy (non-hydrogen) atoms. The van der Waals surface area contributed by atoms with E-state index in [1.165, 1.54) is 5.56 Å². The van der Waals surface area contributed by atoms with Gasteiger partial charge in [-0.15, -0.1) is 0 Å². The van der Waals surface area contributed by atoms with Crippen molar-refractivity contribution < 1.29 is 9.53 Å². The Kier molecular flexibility index (Phi) is 4.20. The fourth-order valence-electron chi connectivity index (χ4n) is 2.15. The lowest BCUT2D eigenvalue weighted by atomic mass is 10.1. The lowest BCUT2D eigenvalue weighted by Crippen LogP contribution is -2.35. The summed E-state index contributed by atoms with van der Waals surface area (Å²) >= 11 is 0. The maximum Gasteiger partial charge on any atom is 0.325 e. The molecule has 0 unspecified atom stereocenters. The van der Waals surface area contributed by atoms with Crippen LogP contribution in [0.3, 0.4) is 0 Å². The van der Waals surface area contributed by atoms with Gasteiger partial charge in [0.05, 0.1) is 6.10 Å². The number of rotatable bonds is 3. The highest BCUT2D eigenvalue weighted by Gasteiger charge is 2.18. The first-order valence-electron chi connectivity index (χ1n) is 6.40. The van der Waals surface area contributed by atoms with Crippen LogP contribution in [-0.2, 0) is 16.1 Å². The average Bonchev–Trinajstić information content (AvgIpc) is 2.51. The average molecular weight is 248 g/mol. The van der Waals surface area contributed by atoms with Crippen molar-refractivity contribution in [2.75, 3.05) is 24.5 Å². The molecule has 0 spiro atoms. The van der Waals surface area contributed by atoms with Crippen LogP contribution < -0.4 is 10.2 Å². The monoisotopic (exact) mass is 248 g/mol. The minimum Gasteiger partial charge on any atom is -0.462 e. The molecule has 1 aromatic rings. The van der Waals surface area contributed by atoms with Crippen molar-refractivity contribution in [3.05, 3.63) is 29.8 Å². The Labute approximate surface area is 108 Å². The lowest BCUT2D eigenvalue weighted by Gasteiger charge is -2.23. The van der Waals surface area contributed by atoms with Gasteiger partial charge in [-0.3, -0.25) is 4.79 Å². The molecule has 2 rings (SSSR count). The number of hydrogen-bond acceptors (Lipinski definition) is 4. The number of ether oxygens (including phenoxy) is 1. The molecule has 0 amide bonds. The molecule has 4 heteroatoms. The van der Waals surface area contributed by atoms with Crippen molar-refractivity contribution in [3.63, 3.8) is 0 Å². The van der Waals surface area contributed by atoms with Crippen molar-refractivity contribution >= 4 is 11.7 Å². The predicted molar refractivity (Wildman–Crippen MR) is 71.6 cm³/mol. The van der Waals surface area contributed by atoms with Gasteiger partial charge in [-0.25, -0.2) is 0 Å². The van der Waals surface area contributed by atoms with Crippen LogP contribution in [0.4, 0.5) is 5.69 Å². The highest BCUT2D eigenvalue weighted by Crippen LogP contribution is 2.21. The third kappa shape index (κ3) is 3.23. The first-order valence-corrected chi connectivity index (χ1v) is 6.40. The third-order valence-electron chi connectivity index (χ3n) is 2.89. The fraction of sp³-hybridized carbons (Fsp3) is 0.500. The number of carbonyl (C=O) groups is 1. The molecule has 1 aliphatic rings. The molecule has 1 N–H and O–H groups in total. The third-order valence-corrected chi connectivity index (χ3v) is 2.89. The Bertz CT molecular complexity index is 418. The Hall–Kier alpha value is -1.55. The molecule has 0 saturated heterocycles. The van der Waals surface area contributed by atoms with E-state index in [4.69, 9.17) is 4.74 Å². The number of para-hydroxylation sites is 1. The Morgan fingerprint density at radius 2 is 2.22 bits per heavy atom. The number of benzene rings is 1. The van der Waals surface area contributed by atoms with Gasteiger partial charge in [-0.1, -0.05) is 18.2 Å². The number of nitrogens with zero attached hydrogens (tertiary/aromatic N) is 1. The van der Waals surface area contributed by atoms with E-state index in [0.29, 0.717) is 6.54 Å². The van der Waals surface area contributed by atoms with Gasteiger partial charge in [0.2, 0.25) is 0 Å². The number of esters is 1. The van der Waals surface area contributed by atoms with Gasteiger partial charge in [0.1, 0.15) is 6.54 Å². The van der Waals surface area contributed by atoms with Crippen molar-refractivity contribution in [3.8, 4) is 0 Å². The molecule has 0 fully saturated rings.